The van der Waals surface area contributed by atoms with E-state index in [1.54, 1.807) is 6.07 Å². The van der Waals surface area contributed by atoms with E-state index in [4.69, 9.17) is 5.11 Å². The molecule has 0 radical (unpaired) electrons. The van der Waals surface area contributed by atoms with Gasteiger partial charge in [-0.3, -0.25) is 0 Å². The molecule has 2 rings (SSSR count). The van der Waals surface area contributed by atoms with Crippen LogP contribution in [0.2, 0.25) is 0 Å². The molecule has 1 aromatic rings. The van der Waals surface area contributed by atoms with Crippen molar-refractivity contribution in [3.05, 3.63) is 24.1 Å². The van der Waals surface area contributed by atoms with Crippen LogP contribution in [0.1, 0.15) is 12.8 Å². The minimum Gasteiger partial charge on any atom is -0.396 e. The van der Waals surface area contributed by atoms with Crippen molar-refractivity contribution in [3.63, 3.8) is 0 Å². The topological polar surface area (TPSA) is 36.4 Å². The van der Waals surface area contributed by atoms with Gasteiger partial charge in [-0.1, -0.05) is 0 Å². The Morgan fingerprint density at radius 2 is 2.13 bits per heavy atom. The summed E-state index contributed by atoms with van der Waals surface area (Å²) >= 11 is 0. The second-order valence-electron chi connectivity index (χ2n) is 3.95. The number of rotatable bonds is 2. The minimum absolute atomic E-state index is 0.269. The molecule has 82 valence electrons. The lowest BCUT2D eigenvalue weighted by Gasteiger charge is -2.31. The number of aliphatic hydroxyl groups is 1. The molecule has 1 aliphatic rings. The summed E-state index contributed by atoms with van der Waals surface area (Å²) in [5, 5.41) is 9.00. The van der Waals surface area contributed by atoms with Gasteiger partial charge in [0.2, 0.25) is 0 Å². The van der Waals surface area contributed by atoms with E-state index in [0.717, 1.165) is 31.7 Å². The van der Waals surface area contributed by atoms with Crippen molar-refractivity contribution in [1.29, 1.82) is 0 Å². The molecule has 0 amide bonds. The number of hydrogen-bond donors (Lipinski definition) is 1. The summed E-state index contributed by atoms with van der Waals surface area (Å²) in [6.45, 7) is 2.05. The molecule has 1 saturated heterocycles. The lowest BCUT2D eigenvalue weighted by Crippen LogP contribution is -2.35. The molecule has 0 aromatic carbocycles. The van der Waals surface area contributed by atoms with Gasteiger partial charge in [-0.05, 0) is 30.9 Å². The molecule has 1 aromatic heterocycles. The van der Waals surface area contributed by atoms with Crippen LogP contribution < -0.4 is 4.90 Å². The van der Waals surface area contributed by atoms with Crippen LogP contribution in [0.4, 0.5) is 10.2 Å². The highest BCUT2D eigenvalue weighted by molar-refractivity contribution is 5.38. The fraction of sp³-hybridized carbons (Fsp3) is 0.545. The van der Waals surface area contributed by atoms with Gasteiger partial charge in [0.05, 0.1) is 6.20 Å². The average molecular weight is 210 g/mol. The highest BCUT2D eigenvalue weighted by Gasteiger charge is 2.19. The Morgan fingerprint density at radius 1 is 1.40 bits per heavy atom. The molecule has 0 saturated carbocycles. The number of piperidine rings is 1. The Labute approximate surface area is 88.6 Å². The highest BCUT2D eigenvalue weighted by atomic mass is 19.1. The molecule has 15 heavy (non-hydrogen) atoms. The zero-order chi connectivity index (χ0) is 10.7. The van der Waals surface area contributed by atoms with Crippen molar-refractivity contribution >= 4 is 5.82 Å². The second kappa shape index (κ2) is 4.57. The first-order valence-electron chi connectivity index (χ1n) is 5.27. The monoisotopic (exact) mass is 210 g/mol. The van der Waals surface area contributed by atoms with Gasteiger partial charge in [0.25, 0.3) is 0 Å². The standard InChI is InChI=1S/C11H15FN2O/c12-10-1-2-11(13-7-10)14-5-3-9(8-15)4-6-14/h1-2,7,9,15H,3-6,8H2. The van der Waals surface area contributed by atoms with Gasteiger partial charge in [0, 0.05) is 19.7 Å². The van der Waals surface area contributed by atoms with Gasteiger partial charge in [0.1, 0.15) is 11.6 Å². The number of aromatic nitrogens is 1. The predicted molar refractivity (Wildman–Crippen MR) is 56.2 cm³/mol. The molecule has 0 aliphatic carbocycles. The Hall–Kier alpha value is -1.16. The summed E-state index contributed by atoms with van der Waals surface area (Å²) in [5.74, 6) is 0.943. The van der Waals surface area contributed by atoms with Crippen molar-refractivity contribution in [3.8, 4) is 0 Å². The Morgan fingerprint density at radius 3 is 2.67 bits per heavy atom. The second-order valence-corrected chi connectivity index (χ2v) is 3.95. The van der Waals surface area contributed by atoms with Crippen LogP contribution in [0.5, 0.6) is 0 Å². The van der Waals surface area contributed by atoms with Gasteiger partial charge < -0.3 is 10.0 Å². The van der Waals surface area contributed by atoms with E-state index in [9.17, 15) is 4.39 Å². The van der Waals surface area contributed by atoms with Crippen LogP contribution in [-0.2, 0) is 0 Å². The van der Waals surface area contributed by atoms with Gasteiger partial charge >= 0.3 is 0 Å². The van der Waals surface area contributed by atoms with Crippen LogP contribution >= 0.6 is 0 Å². The van der Waals surface area contributed by atoms with Gasteiger partial charge in [-0.25, -0.2) is 9.37 Å². The normalized spacial score (nSPS) is 18.1. The molecule has 0 unspecified atom stereocenters. The van der Waals surface area contributed by atoms with E-state index >= 15 is 0 Å². The van der Waals surface area contributed by atoms with Crippen LogP contribution in [0.3, 0.4) is 0 Å². The van der Waals surface area contributed by atoms with E-state index in [2.05, 4.69) is 9.88 Å². The molecule has 0 bridgehead atoms. The van der Waals surface area contributed by atoms with Crippen molar-refractivity contribution in [2.24, 2.45) is 5.92 Å². The molecule has 1 N–H and O–H groups in total. The van der Waals surface area contributed by atoms with E-state index < -0.39 is 0 Å². The smallest absolute Gasteiger partial charge is 0.141 e. The van der Waals surface area contributed by atoms with Crippen molar-refractivity contribution < 1.29 is 9.50 Å². The first-order valence-corrected chi connectivity index (χ1v) is 5.27. The van der Waals surface area contributed by atoms with Crippen LogP contribution in [0.15, 0.2) is 18.3 Å². The summed E-state index contributed by atoms with van der Waals surface area (Å²) in [6, 6.07) is 3.13. The summed E-state index contributed by atoms with van der Waals surface area (Å²) in [6.07, 6.45) is 3.21. The maximum absolute atomic E-state index is 12.7. The average Bonchev–Trinajstić information content (AvgIpc) is 2.30. The molecule has 2 heterocycles. The third kappa shape index (κ3) is 2.45. The number of pyridine rings is 1. The summed E-state index contributed by atoms with van der Waals surface area (Å²) in [5.41, 5.74) is 0. The van der Waals surface area contributed by atoms with Crippen LogP contribution in [0.25, 0.3) is 0 Å². The lowest BCUT2D eigenvalue weighted by molar-refractivity contribution is 0.203. The molecule has 0 spiro atoms. The quantitative estimate of drug-likeness (QED) is 0.802. The van der Waals surface area contributed by atoms with E-state index in [0.29, 0.717) is 5.92 Å². The number of hydrogen-bond acceptors (Lipinski definition) is 3. The molecule has 1 fully saturated rings. The highest BCUT2D eigenvalue weighted by Crippen LogP contribution is 2.21. The van der Waals surface area contributed by atoms with Crippen LogP contribution in [-0.4, -0.2) is 29.8 Å². The zero-order valence-corrected chi connectivity index (χ0v) is 8.56. The fourth-order valence-corrected chi connectivity index (χ4v) is 1.90. The zero-order valence-electron chi connectivity index (χ0n) is 8.56. The Balaban J connectivity index is 1.98. The van der Waals surface area contributed by atoms with E-state index in [1.165, 1.54) is 12.3 Å². The molecular formula is C11H15FN2O. The van der Waals surface area contributed by atoms with Gasteiger partial charge in [-0.2, -0.15) is 0 Å². The number of nitrogens with zero attached hydrogens (tertiary/aromatic N) is 2. The molecule has 1 aliphatic heterocycles. The number of anilines is 1. The summed E-state index contributed by atoms with van der Waals surface area (Å²) in [7, 11) is 0. The van der Waals surface area contributed by atoms with Crippen LogP contribution in [0, 0.1) is 11.7 Å². The third-order valence-electron chi connectivity index (χ3n) is 2.91. The summed E-state index contributed by atoms with van der Waals surface area (Å²) < 4.78 is 12.7. The first-order chi connectivity index (χ1) is 7.29. The first kappa shape index (κ1) is 10.4. The molecule has 0 atom stereocenters. The molecule has 4 heteroatoms. The third-order valence-corrected chi connectivity index (χ3v) is 2.91. The SMILES string of the molecule is OCC1CCN(c2ccc(F)cn2)CC1. The summed E-state index contributed by atoms with van der Waals surface area (Å²) in [4.78, 5) is 6.17. The Kier molecular flexibility index (Phi) is 3.16. The minimum atomic E-state index is -0.302. The van der Waals surface area contributed by atoms with Crippen molar-refractivity contribution in [2.75, 3.05) is 24.6 Å². The molecule has 3 nitrogen and oxygen atoms in total. The number of aliphatic hydroxyl groups excluding tert-OH is 1. The largest absolute Gasteiger partial charge is 0.396 e. The van der Waals surface area contributed by atoms with E-state index in [-0.39, 0.29) is 12.4 Å². The predicted octanol–water partition coefficient (Wildman–Crippen LogP) is 1.43. The van der Waals surface area contributed by atoms with Gasteiger partial charge in [0.15, 0.2) is 0 Å². The Bertz CT molecular complexity index is 307. The number of halogens is 1. The maximum atomic E-state index is 12.7. The fourth-order valence-electron chi connectivity index (χ4n) is 1.90. The van der Waals surface area contributed by atoms with Gasteiger partial charge in [-0.15, -0.1) is 0 Å². The lowest BCUT2D eigenvalue weighted by atomic mass is 9.98. The molecular weight excluding hydrogens is 195 g/mol. The van der Waals surface area contributed by atoms with Crippen molar-refractivity contribution in [1.82, 2.24) is 4.98 Å². The van der Waals surface area contributed by atoms with E-state index in [1.807, 2.05) is 0 Å². The maximum Gasteiger partial charge on any atom is 0.141 e. The van der Waals surface area contributed by atoms with Crippen molar-refractivity contribution in [2.45, 2.75) is 12.8 Å².